The third-order valence-electron chi connectivity index (χ3n) is 4.01. The maximum Gasteiger partial charge on any atom is 0.170 e. The second-order valence-corrected chi connectivity index (χ2v) is 5.59. The van der Waals surface area contributed by atoms with Crippen molar-refractivity contribution in [3.8, 4) is 0 Å². The Labute approximate surface area is 119 Å². The van der Waals surface area contributed by atoms with Crippen LogP contribution in [0.2, 0.25) is 0 Å². The van der Waals surface area contributed by atoms with Gasteiger partial charge in [0.05, 0.1) is 6.10 Å². The lowest BCUT2D eigenvalue weighted by atomic mass is 10.0. The molecule has 0 heterocycles. The van der Waals surface area contributed by atoms with Crippen molar-refractivity contribution in [3.63, 3.8) is 0 Å². The molecule has 0 spiro atoms. The molecular weight excluding hydrogens is 254 g/mol. The van der Waals surface area contributed by atoms with Crippen molar-refractivity contribution in [1.82, 2.24) is 5.32 Å². The van der Waals surface area contributed by atoms with Gasteiger partial charge in [-0.2, -0.15) is 0 Å². The Morgan fingerprint density at radius 1 is 1.45 bits per heavy atom. The summed E-state index contributed by atoms with van der Waals surface area (Å²) in [5.41, 5.74) is 8.62. The lowest BCUT2D eigenvalue weighted by Gasteiger charge is -2.13. The number of aliphatic hydroxyl groups excluding tert-OH is 1. The van der Waals surface area contributed by atoms with Gasteiger partial charge in [-0.3, -0.25) is 0 Å². The Kier molecular flexibility index (Phi) is 4.98. The lowest BCUT2D eigenvalue weighted by Crippen LogP contribution is -2.22. The first kappa shape index (κ1) is 14.8. The third kappa shape index (κ3) is 3.71. The van der Waals surface area contributed by atoms with Crippen molar-refractivity contribution >= 4 is 5.84 Å². The summed E-state index contributed by atoms with van der Waals surface area (Å²) in [5.74, 6) is 0.717. The second kappa shape index (κ2) is 6.72. The average molecular weight is 277 g/mol. The van der Waals surface area contributed by atoms with Gasteiger partial charge in [-0.05, 0) is 55.8 Å². The van der Waals surface area contributed by atoms with Crippen molar-refractivity contribution < 1.29 is 10.3 Å². The van der Waals surface area contributed by atoms with Crippen molar-refractivity contribution in [2.24, 2.45) is 16.8 Å². The van der Waals surface area contributed by atoms with E-state index in [0.29, 0.717) is 5.92 Å². The summed E-state index contributed by atoms with van der Waals surface area (Å²) in [6.45, 7) is 3.76. The van der Waals surface area contributed by atoms with Crippen LogP contribution in [0.4, 0.5) is 0 Å². The highest BCUT2D eigenvalue weighted by atomic mass is 16.4. The van der Waals surface area contributed by atoms with Gasteiger partial charge >= 0.3 is 0 Å². The Morgan fingerprint density at radius 2 is 2.25 bits per heavy atom. The topological polar surface area (TPSA) is 90.9 Å². The standard InChI is InChI=1S/C15H23N3O2/c1-10-6-12(15(16)18-20)3-4-13(10)9-17-8-11-2-5-14(19)7-11/h3-4,6,11,14,17,19-20H,2,5,7-9H2,1H3,(H2,16,18). The molecule has 0 radical (unpaired) electrons. The van der Waals surface area contributed by atoms with Crippen molar-refractivity contribution in [2.75, 3.05) is 6.54 Å². The van der Waals surface area contributed by atoms with Crippen molar-refractivity contribution in [1.29, 1.82) is 0 Å². The number of aliphatic hydroxyl groups is 1. The average Bonchev–Trinajstić information content (AvgIpc) is 2.85. The van der Waals surface area contributed by atoms with Crippen LogP contribution in [0.25, 0.3) is 0 Å². The summed E-state index contributed by atoms with van der Waals surface area (Å²) >= 11 is 0. The number of hydrogen-bond donors (Lipinski definition) is 4. The second-order valence-electron chi connectivity index (χ2n) is 5.59. The van der Waals surface area contributed by atoms with E-state index in [9.17, 15) is 5.11 Å². The predicted molar refractivity (Wildman–Crippen MR) is 78.7 cm³/mol. The minimum atomic E-state index is -0.108. The molecule has 110 valence electrons. The van der Waals surface area contributed by atoms with Gasteiger partial charge in [0.1, 0.15) is 0 Å². The molecule has 20 heavy (non-hydrogen) atoms. The molecule has 0 saturated heterocycles. The zero-order valence-electron chi connectivity index (χ0n) is 11.8. The molecule has 1 aromatic carbocycles. The first-order valence-corrected chi connectivity index (χ1v) is 7.06. The molecule has 2 unspecified atom stereocenters. The van der Waals surface area contributed by atoms with Gasteiger partial charge in [-0.1, -0.05) is 17.3 Å². The number of nitrogens with one attached hydrogen (secondary N) is 1. The van der Waals surface area contributed by atoms with Gasteiger partial charge in [0.15, 0.2) is 5.84 Å². The van der Waals surface area contributed by atoms with E-state index in [2.05, 4.69) is 10.5 Å². The summed E-state index contributed by atoms with van der Waals surface area (Å²) < 4.78 is 0. The van der Waals surface area contributed by atoms with Crippen LogP contribution in [0.15, 0.2) is 23.4 Å². The fraction of sp³-hybridized carbons (Fsp3) is 0.533. The molecule has 5 nitrogen and oxygen atoms in total. The highest BCUT2D eigenvalue weighted by Gasteiger charge is 2.22. The van der Waals surface area contributed by atoms with Gasteiger partial charge in [-0.25, -0.2) is 0 Å². The van der Waals surface area contributed by atoms with E-state index >= 15 is 0 Å². The highest BCUT2D eigenvalue weighted by Crippen LogP contribution is 2.24. The Bertz CT molecular complexity index is 488. The molecule has 2 atom stereocenters. The Morgan fingerprint density at radius 3 is 2.85 bits per heavy atom. The van der Waals surface area contributed by atoms with Gasteiger partial charge in [0.2, 0.25) is 0 Å². The molecule has 1 aliphatic carbocycles. The third-order valence-corrected chi connectivity index (χ3v) is 4.01. The fourth-order valence-corrected chi connectivity index (χ4v) is 2.76. The number of nitrogens with zero attached hydrogens (tertiary/aromatic N) is 1. The molecule has 1 aliphatic rings. The molecule has 0 bridgehead atoms. The summed E-state index contributed by atoms with van der Waals surface area (Å²) in [6.07, 6.45) is 2.84. The van der Waals surface area contributed by atoms with Crippen molar-refractivity contribution in [2.45, 2.75) is 38.8 Å². The summed E-state index contributed by atoms with van der Waals surface area (Å²) in [5, 5.41) is 24.6. The number of aryl methyl sites for hydroxylation is 1. The van der Waals surface area contributed by atoms with Crippen LogP contribution in [-0.4, -0.2) is 28.8 Å². The molecule has 5 heteroatoms. The van der Waals surface area contributed by atoms with Gasteiger partial charge in [0, 0.05) is 12.1 Å². The molecular formula is C15H23N3O2. The lowest BCUT2D eigenvalue weighted by molar-refractivity contribution is 0.177. The molecule has 1 aromatic rings. The van der Waals surface area contributed by atoms with Crippen LogP contribution in [0.5, 0.6) is 0 Å². The molecule has 0 aromatic heterocycles. The van der Waals surface area contributed by atoms with Crippen LogP contribution < -0.4 is 11.1 Å². The van der Waals surface area contributed by atoms with Gasteiger partial charge in [-0.15, -0.1) is 0 Å². The van der Waals surface area contributed by atoms with Crippen LogP contribution in [-0.2, 0) is 6.54 Å². The van der Waals surface area contributed by atoms with Crippen LogP contribution in [0.3, 0.4) is 0 Å². The molecule has 0 amide bonds. The SMILES string of the molecule is Cc1cc(/C(N)=N/O)ccc1CNCC1CCC(O)C1. The first-order chi connectivity index (χ1) is 9.60. The zero-order valence-corrected chi connectivity index (χ0v) is 11.8. The summed E-state index contributed by atoms with van der Waals surface area (Å²) in [4.78, 5) is 0. The molecule has 1 fully saturated rings. The number of hydrogen-bond acceptors (Lipinski definition) is 4. The molecule has 5 N–H and O–H groups in total. The Balaban J connectivity index is 1.87. The molecule has 1 saturated carbocycles. The summed E-state index contributed by atoms with van der Waals surface area (Å²) in [6, 6.07) is 5.78. The van der Waals surface area contributed by atoms with Gasteiger partial charge in [0.25, 0.3) is 0 Å². The summed E-state index contributed by atoms with van der Waals surface area (Å²) in [7, 11) is 0. The first-order valence-electron chi connectivity index (χ1n) is 7.06. The van der Waals surface area contributed by atoms with Crippen LogP contribution in [0, 0.1) is 12.8 Å². The maximum atomic E-state index is 9.49. The predicted octanol–water partition coefficient (Wildman–Crippen LogP) is 1.34. The van der Waals surface area contributed by atoms with E-state index in [1.165, 1.54) is 5.56 Å². The van der Waals surface area contributed by atoms with E-state index in [4.69, 9.17) is 10.9 Å². The smallest absolute Gasteiger partial charge is 0.170 e. The number of oxime groups is 1. The zero-order chi connectivity index (χ0) is 14.5. The maximum absolute atomic E-state index is 9.49. The minimum Gasteiger partial charge on any atom is -0.409 e. The van der Waals surface area contributed by atoms with E-state index in [-0.39, 0.29) is 11.9 Å². The van der Waals surface area contributed by atoms with Crippen molar-refractivity contribution in [3.05, 3.63) is 34.9 Å². The highest BCUT2D eigenvalue weighted by molar-refractivity contribution is 5.97. The number of nitrogens with two attached hydrogens (primary N) is 1. The normalized spacial score (nSPS) is 23.2. The van der Waals surface area contributed by atoms with E-state index in [1.54, 1.807) is 0 Å². The van der Waals surface area contributed by atoms with Crippen LogP contribution >= 0.6 is 0 Å². The van der Waals surface area contributed by atoms with E-state index < -0.39 is 0 Å². The molecule has 0 aliphatic heterocycles. The number of rotatable bonds is 5. The number of amidine groups is 1. The number of benzene rings is 1. The monoisotopic (exact) mass is 277 g/mol. The Hall–Kier alpha value is -1.59. The van der Waals surface area contributed by atoms with Gasteiger partial charge < -0.3 is 21.4 Å². The quantitative estimate of drug-likeness (QED) is 0.283. The largest absolute Gasteiger partial charge is 0.409 e. The van der Waals surface area contributed by atoms with Crippen LogP contribution in [0.1, 0.15) is 36.0 Å². The van der Waals surface area contributed by atoms with E-state index in [0.717, 1.165) is 43.5 Å². The fourth-order valence-electron chi connectivity index (χ4n) is 2.76. The van der Waals surface area contributed by atoms with E-state index in [1.807, 2.05) is 25.1 Å². The molecule has 2 rings (SSSR count). The minimum absolute atomic E-state index is 0.108.